The smallest absolute Gasteiger partial charge is 0.270 e. The van der Waals surface area contributed by atoms with Crippen LogP contribution in [-0.2, 0) is 9.73 Å². The minimum atomic E-state index is -3.06. The van der Waals surface area contributed by atoms with Crippen molar-refractivity contribution in [1.29, 1.82) is 4.78 Å². The quantitative estimate of drug-likeness (QED) is 0.188. The van der Waals surface area contributed by atoms with E-state index in [2.05, 4.69) is 37.9 Å². The normalized spacial score (nSPS) is 13.2. The van der Waals surface area contributed by atoms with Crippen molar-refractivity contribution in [3.8, 4) is 0 Å². The molecule has 1 aromatic heterocycles. The Morgan fingerprint density at radius 1 is 1.40 bits per heavy atom. The number of halogens is 2. The fraction of sp³-hybridized carbons (Fsp3) is 0.286. The molecular formula is C14H15ClIN5O3S. The molecule has 0 radical (unpaired) electrons. The summed E-state index contributed by atoms with van der Waals surface area (Å²) in [6, 6.07) is 5.46. The molecule has 11 heteroatoms. The zero-order chi connectivity index (χ0) is 18.4. The summed E-state index contributed by atoms with van der Waals surface area (Å²) in [4.78, 5) is 18.4. The molecule has 1 atom stereocenters. The first kappa shape index (κ1) is 19.8. The Labute approximate surface area is 163 Å². The van der Waals surface area contributed by atoms with Gasteiger partial charge in [-0.05, 0) is 53.1 Å². The van der Waals surface area contributed by atoms with Gasteiger partial charge >= 0.3 is 0 Å². The second-order valence-corrected chi connectivity index (χ2v) is 8.83. The molecule has 134 valence electrons. The summed E-state index contributed by atoms with van der Waals surface area (Å²) >= 11 is 7.83. The molecule has 0 spiro atoms. The molecule has 0 bridgehead atoms. The van der Waals surface area contributed by atoms with Crippen LogP contribution in [0.15, 0.2) is 35.4 Å². The highest BCUT2D eigenvalue weighted by molar-refractivity contribution is 14.1. The van der Waals surface area contributed by atoms with E-state index in [4.69, 9.17) is 16.4 Å². The monoisotopic (exact) mass is 495 g/mol. The lowest BCUT2D eigenvalue weighted by molar-refractivity contribution is -0.385. The van der Waals surface area contributed by atoms with Crippen LogP contribution in [0.2, 0.25) is 5.28 Å². The van der Waals surface area contributed by atoms with Gasteiger partial charge < -0.3 is 5.32 Å². The number of hydrogen-bond donors (Lipinski definition) is 2. The molecule has 0 amide bonds. The Kier molecular flexibility index (Phi) is 6.90. The lowest BCUT2D eigenvalue weighted by atomic mass is 10.3. The third-order valence-electron chi connectivity index (χ3n) is 3.27. The standard InChI is InChI=1S/C14H15ClIN5O3S/c15-14-19-9-12(16)13(20-14)18-6-1-2-7-25(17,24)11-5-3-4-10(8-11)21(22)23/h3-5,8-9,17H,1-2,6-7H2,(H,18,19,20). The van der Waals surface area contributed by atoms with E-state index >= 15 is 0 Å². The lowest BCUT2D eigenvalue weighted by Gasteiger charge is -2.09. The predicted octanol–water partition coefficient (Wildman–Crippen LogP) is 3.94. The summed E-state index contributed by atoms with van der Waals surface area (Å²) in [7, 11) is -3.06. The highest BCUT2D eigenvalue weighted by Gasteiger charge is 2.14. The molecular weight excluding hydrogens is 481 g/mol. The summed E-state index contributed by atoms with van der Waals surface area (Å²) < 4.78 is 21.3. The number of nitro groups is 1. The number of benzene rings is 1. The maximum Gasteiger partial charge on any atom is 0.270 e. The number of nitrogens with one attached hydrogen (secondary N) is 2. The van der Waals surface area contributed by atoms with E-state index in [0.29, 0.717) is 25.2 Å². The molecule has 0 saturated carbocycles. The maximum atomic E-state index is 12.5. The number of anilines is 1. The summed E-state index contributed by atoms with van der Waals surface area (Å²) in [6.45, 7) is 0.577. The first-order valence-electron chi connectivity index (χ1n) is 7.22. The molecule has 0 aliphatic rings. The third-order valence-corrected chi connectivity index (χ3v) is 6.13. The van der Waals surface area contributed by atoms with Crippen molar-refractivity contribution in [1.82, 2.24) is 9.97 Å². The van der Waals surface area contributed by atoms with Crippen molar-refractivity contribution in [3.05, 3.63) is 49.4 Å². The van der Waals surface area contributed by atoms with Crippen LogP contribution in [0.3, 0.4) is 0 Å². The number of nitro benzene ring substituents is 1. The summed E-state index contributed by atoms with van der Waals surface area (Å²) in [6.07, 6.45) is 2.81. The van der Waals surface area contributed by atoms with E-state index < -0.39 is 14.7 Å². The summed E-state index contributed by atoms with van der Waals surface area (Å²) in [5.41, 5.74) is -0.158. The molecule has 8 nitrogen and oxygen atoms in total. The van der Waals surface area contributed by atoms with Crippen LogP contribution in [0.1, 0.15) is 12.8 Å². The average Bonchev–Trinajstić information content (AvgIpc) is 2.57. The number of nitrogens with zero attached hydrogens (tertiary/aromatic N) is 3. The minimum Gasteiger partial charge on any atom is -0.369 e. The minimum absolute atomic E-state index is 0.136. The van der Waals surface area contributed by atoms with Crippen LogP contribution in [0.25, 0.3) is 0 Å². The molecule has 1 heterocycles. The largest absolute Gasteiger partial charge is 0.369 e. The lowest BCUT2D eigenvalue weighted by Crippen LogP contribution is -2.10. The highest BCUT2D eigenvalue weighted by Crippen LogP contribution is 2.20. The SMILES string of the molecule is N=S(=O)(CCCCNc1nc(Cl)ncc1I)c1cccc([N+](=O)[O-])c1. The molecule has 1 aromatic carbocycles. The first-order chi connectivity index (χ1) is 11.8. The van der Waals surface area contributed by atoms with Gasteiger partial charge in [-0.2, -0.15) is 4.98 Å². The molecule has 2 aromatic rings. The predicted molar refractivity (Wildman–Crippen MR) is 105 cm³/mol. The van der Waals surface area contributed by atoms with Gasteiger partial charge in [-0.1, -0.05) is 6.07 Å². The maximum absolute atomic E-state index is 12.5. The average molecular weight is 496 g/mol. The van der Waals surface area contributed by atoms with Crippen molar-refractivity contribution >= 4 is 55.4 Å². The van der Waals surface area contributed by atoms with Crippen molar-refractivity contribution in [2.24, 2.45) is 0 Å². The fourth-order valence-electron chi connectivity index (χ4n) is 2.03. The van der Waals surface area contributed by atoms with Gasteiger partial charge in [0.1, 0.15) is 5.82 Å². The number of aromatic nitrogens is 2. The number of hydrogen-bond acceptors (Lipinski definition) is 7. The number of unbranched alkanes of at least 4 members (excludes halogenated alkanes) is 1. The second kappa shape index (κ2) is 8.72. The van der Waals surface area contributed by atoms with Crippen LogP contribution in [0.5, 0.6) is 0 Å². The molecule has 0 fully saturated rings. The van der Waals surface area contributed by atoms with Gasteiger partial charge in [0, 0.05) is 30.6 Å². The van der Waals surface area contributed by atoms with Crippen LogP contribution >= 0.6 is 34.2 Å². The van der Waals surface area contributed by atoms with E-state index in [9.17, 15) is 14.3 Å². The van der Waals surface area contributed by atoms with E-state index in [1.54, 1.807) is 6.20 Å². The zero-order valence-corrected chi connectivity index (χ0v) is 16.7. The molecule has 0 aliphatic carbocycles. The first-order valence-corrected chi connectivity index (χ1v) is 10.4. The molecule has 25 heavy (non-hydrogen) atoms. The van der Waals surface area contributed by atoms with E-state index in [1.807, 2.05) is 0 Å². The highest BCUT2D eigenvalue weighted by atomic mass is 127. The van der Waals surface area contributed by atoms with Gasteiger partial charge in [0.15, 0.2) is 0 Å². The summed E-state index contributed by atoms with van der Waals surface area (Å²) in [5, 5.41) is 14.1. The Morgan fingerprint density at radius 2 is 2.16 bits per heavy atom. The Hall–Kier alpha value is -1.53. The van der Waals surface area contributed by atoms with Crippen molar-refractivity contribution < 1.29 is 9.13 Å². The Balaban J connectivity index is 1.87. The zero-order valence-electron chi connectivity index (χ0n) is 12.9. The number of non-ortho nitro benzene ring substituents is 1. The van der Waals surface area contributed by atoms with Crippen molar-refractivity contribution in [2.45, 2.75) is 17.7 Å². The van der Waals surface area contributed by atoms with Crippen molar-refractivity contribution in [2.75, 3.05) is 17.6 Å². The molecule has 2 N–H and O–H groups in total. The third kappa shape index (κ3) is 5.75. The van der Waals surface area contributed by atoms with Gasteiger partial charge in [0.2, 0.25) is 5.28 Å². The van der Waals surface area contributed by atoms with Gasteiger partial charge in [-0.3, -0.25) is 10.1 Å². The summed E-state index contributed by atoms with van der Waals surface area (Å²) in [5.74, 6) is 0.767. The number of rotatable bonds is 8. The van der Waals surface area contributed by atoms with Crippen LogP contribution in [0, 0.1) is 18.5 Å². The molecule has 0 saturated heterocycles. The van der Waals surface area contributed by atoms with E-state index in [-0.39, 0.29) is 21.6 Å². The van der Waals surface area contributed by atoms with Crippen molar-refractivity contribution in [3.63, 3.8) is 0 Å². The van der Waals surface area contributed by atoms with E-state index in [1.165, 1.54) is 24.3 Å². The van der Waals surface area contributed by atoms with Crippen LogP contribution in [-0.4, -0.2) is 31.4 Å². The molecule has 1 unspecified atom stereocenters. The second-order valence-electron chi connectivity index (χ2n) is 5.10. The van der Waals surface area contributed by atoms with Crippen LogP contribution < -0.4 is 5.32 Å². The van der Waals surface area contributed by atoms with Gasteiger partial charge in [0.25, 0.3) is 5.69 Å². The topological polar surface area (TPSA) is 122 Å². The van der Waals surface area contributed by atoms with Crippen LogP contribution in [0.4, 0.5) is 11.5 Å². The molecule has 2 rings (SSSR count). The Bertz CT molecular complexity index is 879. The van der Waals surface area contributed by atoms with Gasteiger partial charge in [-0.15, -0.1) is 0 Å². The van der Waals surface area contributed by atoms with E-state index in [0.717, 1.165) is 3.57 Å². The van der Waals surface area contributed by atoms with Gasteiger partial charge in [-0.25, -0.2) is 14.0 Å². The fourth-order valence-corrected chi connectivity index (χ4v) is 4.07. The molecule has 0 aliphatic heterocycles. The van der Waals surface area contributed by atoms with Gasteiger partial charge in [0.05, 0.1) is 23.1 Å². The Morgan fingerprint density at radius 3 is 2.88 bits per heavy atom.